The Hall–Kier alpha value is -1.40. The Kier molecular flexibility index (Phi) is 6.44. The van der Waals surface area contributed by atoms with E-state index in [2.05, 4.69) is 31.8 Å². The van der Waals surface area contributed by atoms with Crippen molar-refractivity contribution in [2.45, 2.75) is 47.1 Å². The minimum atomic E-state index is -3.84. The van der Waals surface area contributed by atoms with Crippen LogP contribution in [0.3, 0.4) is 0 Å². The molecule has 2 aromatic rings. The van der Waals surface area contributed by atoms with Crippen LogP contribution in [-0.4, -0.2) is 48.8 Å². The van der Waals surface area contributed by atoms with Gasteiger partial charge in [0.1, 0.15) is 0 Å². The Bertz CT molecular complexity index is 957. The van der Waals surface area contributed by atoms with Crippen molar-refractivity contribution in [1.82, 2.24) is 0 Å². The number of benzene rings is 2. The van der Waals surface area contributed by atoms with E-state index in [1.807, 2.05) is 18.2 Å². The van der Waals surface area contributed by atoms with Gasteiger partial charge in [-0.1, -0.05) is 0 Å². The van der Waals surface area contributed by atoms with Gasteiger partial charge in [-0.05, 0) is 0 Å². The van der Waals surface area contributed by atoms with Gasteiger partial charge in [-0.25, -0.2) is 0 Å². The van der Waals surface area contributed by atoms with Crippen LogP contribution in [-0.2, 0) is 19.4 Å². The maximum atomic E-state index is 13.6. The molecular weight excluding hydrogens is 467 g/mol. The number of sulfone groups is 1. The van der Waals surface area contributed by atoms with Gasteiger partial charge in [-0.2, -0.15) is 0 Å². The van der Waals surface area contributed by atoms with E-state index in [9.17, 15) is 13.2 Å². The second-order valence-electron chi connectivity index (χ2n) is 8.45. The molecule has 0 aliphatic heterocycles. The Balaban J connectivity index is 2.04. The van der Waals surface area contributed by atoms with Crippen molar-refractivity contribution < 1.29 is 17.9 Å². The summed E-state index contributed by atoms with van der Waals surface area (Å²) < 4.78 is 32.6. The summed E-state index contributed by atoms with van der Waals surface area (Å²) in [4.78, 5) is 13.3. The van der Waals surface area contributed by atoms with Crippen LogP contribution >= 0.6 is 0 Å². The summed E-state index contributed by atoms with van der Waals surface area (Å²) in [5.41, 5.74) is 0. The molecule has 0 unspecified atom stereocenters. The Morgan fingerprint density at radius 3 is 2.17 bits per heavy atom. The van der Waals surface area contributed by atoms with E-state index < -0.39 is 28.6 Å². The molecule has 0 spiro atoms. The third-order valence-electron chi connectivity index (χ3n) is 5.34. The zero-order valence-electron chi connectivity index (χ0n) is 17.3. The van der Waals surface area contributed by atoms with Crippen LogP contribution in [0.15, 0.2) is 65.6 Å². The van der Waals surface area contributed by atoms with Gasteiger partial charge in [0.05, 0.1) is 0 Å². The quantitative estimate of drug-likeness (QED) is 0.416. The zero-order chi connectivity index (χ0) is 21.3. The van der Waals surface area contributed by atoms with Crippen molar-refractivity contribution in [3.8, 4) is 0 Å². The average Bonchev–Trinajstić information content (AvgIpc) is 3.44. The Morgan fingerprint density at radius 1 is 1.10 bits per heavy atom. The summed E-state index contributed by atoms with van der Waals surface area (Å²) in [7, 11) is -5.59. The van der Waals surface area contributed by atoms with Crippen LogP contribution < -0.4 is 4.46 Å². The van der Waals surface area contributed by atoms with Crippen molar-refractivity contribution in [3.63, 3.8) is 0 Å². The first-order valence-corrected chi connectivity index (χ1v) is 16.7. The number of rotatable bonds is 8. The second kappa shape index (κ2) is 8.38. The molecule has 1 aliphatic rings. The van der Waals surface area contributed by atoms with Crippen LogP contribution in [0.5, 0.6) is 0 Å². The average molecular weight is 496 g/mol. The van der Waals surface area contributed by atoms with Crippen LogP contribution in [0, 0.1) is 5.92 Å². The van der Waals surface area contributed by atoms with E-state index >= 15 is 0 Å². The molecule has 0 radical (unpaired) electrons. The molecule has 29 heavy (non-hydrogen) atoms. The number of esters is 1. The molecule has 156 valence electrons. The van der Waals surface area contributed by atoms with Crippen molar-refractivity contribution >= 4 is 43.3 Å². The second-order valence-corrected chi connectivity index (χ2v) is 19.5. The van der Waals surface area contributed by atoms with Gasteiger partial charge in [0, 0.05) is 0 Å². The Labute approximate surface area is 181 Å². The topological polar surface area (TPSA) is 60.4 Å². The SMILES string of the molecule is CCOC(=O)[C@]1(S(=O)(=O)c2ccccc2)C[C@@H]1[C@H]([Se]c1ccccc1)[Si](C)(C)C. The van der Waals surface area contributed by atoms with E-state index in [0.717, 1.165) is 0 Å². The molecule has 0 bridgehead atoms. The number of carbonyl (C=O) groups is 1. The van der Waals surface area contributed by atoms with E-state index in [-0.39, 0.29) is 36.8 Å². The Morgan fingerprint density at radius 2 is 1.66 bits per heavy atom. The molecule has 1 saturated carbocycles. The first-order chi connectivity index (χ1) is 13.6. The van der Waals surface area contributed by atoms with E-state index in [1.54, 1.807) is 37.3 Å². The first kappa shape index (κ1) is 22.3. The standard InChI is InChI=1S/C22H28O4SSeSi/c1-5-26-21(23)22(27(24,25)17-12-8-6-9-13-17)16-19(22)20(29(2,3)4)28-18-14-10-7-11-15-18/h6-15,19-20H,5,16H2,1-4H3/t19-,20-,22+/m1/s1. The first-order valence-electron chi connectivity index (χ1n) is 9.83. The van der Waals surface area contributed by atoms with Gasteiger partial charge in [-0.15, -0.1) is 0 Å². The van der Waals surface area contributed by atoms with Gasteiger partial charge < -0.3 is 0 Å². The summed E-state index contributed by atoms with van der Waals surface area (Å²) in [6.45, 7) is 8.71. The normalized spacial score (nSPS) is 22.7. The van der Waals surface area contributed by atoms with Crippen molar-refractivity contribution in [1.29, 1.82) is 0 Å². The van der Waals surface area contributed by atoms with Gasteiger partial charge in [0.2, 0.25) is 0 Å². The van der Waals surface area contributed by atoms with Crippen LogP contribution in [0.1, 0.15) is 13.3 Å². The van der Waals surface area contributed by atoms with Gasteiger partial charge >= 0.3 is 182 Å². The third kappa shape index (κ3) is 4.24. The molecule has 1 aliphatic carbocycles. The molecule has 0 saturated heterocycles. The molecule has 0 aromatic heterocycles. The van der Waals surface area contributed by atoms with Gasteiger partial charge in [-0.3, -0.25) is 0 Å². The predicted octanol–water partition coefficient (Wildman–Crippen LogP) is 3.48. The molecular formula is C22H28O4SSeSi. The van der Waals surface area contributed by atoms with Crippen LogP contribution in [0.4, 0.5) is 0 Å². The maximum absolute atomic E-state index is 13.6. The molecule has 3 rings (SSSR count). The number of ether oxygens (including phenoxy) is 1. The fourth-order valence-corrected chi connectivity index (χ4v) is 13.5. The van der Waals surface area contributed by atoms with Crippen LogP contribution in [0.2, 0.25) is 24.1 Å². The number of hydrogen-bond donors (Lipinski definition) is 0. The molecule has 1 fully saturated rings. The van der Waals surface area contributed by atoms with Crippen molar-refractivity contribution in [3.05, 3.63) is 60.7 Å². The van der Waals surface area contributed by atoms with Crippen molar-refractivity contribution in [2.75, 3.05) is 6.61 Å². The molecule has 4 nitrogen and oxygen atoms in total. The molecule has 3 atom stereocenters. The monoisotopic (exact) mass is 496 g/mol. The summed E-state index contributed by atoms with van der Waals surface area (Å²) in [6.07, 6.45) is 0.354. The molecule has 0 N–H and O–H groups in total. The molecule has 0 amide bonds. The van der Waals surface area contributed by atoms with Gasteiger partial charge in [0.25, 0.3) is 0 Å². The number of carbonyl (C=O) groups excluding carboxylic acids is 1. The summed E-state index contributed by atoms with van der Waals surface area (Å²) in [5.74, 6) is -0.778. The molecule has 2 aromatic carbocycles. The minimum absolute atomic E-state index is 0.0941. The summed E-state index contributed by atoms with van der Waals surface area (Å²) in [6, 6.07) is 18.6. The van der Waals surface area contributed by atoms with Crippen molar-refractivity contribution in [2.24, 2.45) is 5.92 Å². The summed E-state index contributed by atoms with van der Waals surface area (Å²) in [5, 5.41) is 0. The fourth-order valence-electron chi connectivity index (χ4n) is 3.84. The summed E-state index contributed by atoms with van der Waals surface area (Å²) >= 11 is 0.0941. The van der Waals surface area contributed by atoms with E-state index in [4.69, 9.17) is 4.74 Å². The zero-order valence-corrected chi connectivity index (χ0v) is 20.8. The van der Waals surface area contributed by atoms with E-state index in [0.29, 0.717) is 6.42 Å². The predicted molar refractivity (Wildman–Crippen MR) is 120 cm³/mol. The fraction of sp³-hybridized carbons (Fsp3) is 0.409. The third-order valence-corrected chi connectivity index (χ3v) is 17.4. The number of hydrogen-bond acceptors (Lipinski definition) is 4. The molecule has 7 heteroatoms. The van der Waals surface area contributed by atoms with E-state index in [1.165, 1.54) is 4.46 Å². The van der Waals surface area contributed by atoms with Gasteiger partial charge in [0.15, 0.2) is 0 Å². The van der Waals surface area contributed by atoms with Crippen LogP contribution in [0.25, 0.3) is 0 Å². The molecule has 0 heterocycles.